The van der Waals surface area contributed by atoms with Gasteiger partial charge in [-0.15, -0.1) is 0 Å². The first kappa shape index (κ1) is 23.4. The molecule has 2 aromatic rings. The third kappa shape index (κ3) is 7.46. The molecule has 0 aliphatic carbocycles. The van der Waals surface area contributed by atoms with E-state index in [1.165, 1.54) is 0 Å². The zero-order valence-electron chi connectivity index (χ0n) is 18.9. The highest BCUT2D eigenvalue weighted by molar-refractivity contribution is 5.93. The smallest absolute Gasteiger partial charge is 0.321 e. The highest BCUT2D eigenvalue weighted by Crippen LogP contribution is 2.18. The number of anilines is 2. The fraction of sp³-hybridized carbons (Fsp3) is 0.417. The number of methoxy groups -OCH3 is 1. The SMILES string of the molecule is CN=C(NCc1cccc(NC(=O)N2CCCC2)c1)Nc1cccc(OCCCOC)c1. The highest BCUT2D eigenvalue weighted by Gasteiger charge is 2.17. The maximum absolute atomic E-state index is 12.3. The summed E-state index contributed by atoms with van der Waals surface area (Å²) in [7, 11) is 3.41. The van der Waals surface area contributed by atoms with Crippen molar-refractivity contribution in [3.05, 3.63) is 54.1 Å². The van der Waals surface area contributed by atoms with Crippen LogP contribution in [-0.4, -0.2) is 57.4 Å². The van der Waals surface area contributed by atoms with E-state index in [0.29, 0.717) is 25.7 Å². The minimum Gasteiger partial charge on any atom is -0.493 e. The summed E-state index contributed by atoms with van der Waals surface area (Å²) in [4.78, 5) is 18.5. The predicted molar refractivity (Wildman–Crippen MR) is 129 cm³/mol. The molecule has 2 amide bonds. The summed E-state index contributed by atoms with van der Waals surface area (Å²) in [6, 6.07) is 15.6. The second kappa shape index (κ2) is 12.6. The van der Waals surface area contributed by atoms with Gasteiger partial charge in [0.25, 0.3) is 0 Å². The van der Waals surface area contributed by atoms with Crippen molar-refractivity contribution in [1.82, 2.24) is 10.2 Å². The predicted octanol–water partition coefficient (Wildman–Crippen LogP) is 3.92. The molecular formula is C24H33N5O3. The molecule has 8 heteroatoms. The number of aliphatic imine (C=N–C) groups is 1. The van der Waals surface area contributed by atoms with E-state index < -0.39 is 0 Å². The van der Waals surface area contributed by atoms with Crippen molar-refractivity contribution in [3.8, 4) is 5.75 Å². The minimum atomic E-state index is -0.0330. The molecule has 0 saturated carbocycles. The van der Waals surface area contributed by atoms with E-state index >= 15 is 0 Å². The number of hydrogen-bond donors (Lipinski definition) is 3. The summed E-state index contributed by atoms with van der Waals surface area (Å²) in [6.45, 7) is 3.51. The molecule has 1 aliphatic heterocycles. The van der Waals surface area contributed by atoms with Crippen molar-refractivity contribution in [3.63, 3.8) is 0 Å². The standard InChI is InChI=1S/C24H33N5O3/c1-25-23(27-21-10-6-11-22(17-21)32-15-7-14-31-2)26-18-19-8-5-9-20(16-19)28-24(30)29-12-3-4-13-29/h5-6,8-11,16-17H,3-4,7,12-15,18H2,1-2H3,(H,28,30)(H2,25,26,27). The number of rotatable bonds is 9. The first-order chi connectivity index (χ1) is 15.7. The van der Waals surface area contributed by atoms with Crippen molar-refractivity contribution in [1.29, 1.82) is 0 Å². The molecule has 0 spiro atoms. The third-order valence-electron chi connectivity index (χ3n) is 5.11. The van der Waals surface area contributed by atoms with Gasteiger partial charge in [0.2, 0.25) is 0 Å². The number of likely N-dealkylation sites (tertiary alicyclic amines) is 1. The first-order valence-electron chi connectivity index (χ1n) is 11.0. The van der Waals surface area contributed by atoms with Crippen molar-refractivity contribution < 1.29 is 14.3 Å². The summed E-state index contributed by atoms with van der Waals surface area (Å²) in [5.41, 5.74) is 2.72. The number of ether oxygens (including phenoxy) is 2. The molecule has 0 atom stereocenters. The zero-order valence-corrected chi connectivity index (χ0v) is 18.9. The molecule has 172 valence electrons. The number of nitrogens with zero attached hydrogens (tertiary/aromatic N) is 2. The van der Waals surface area contributed by atoms with Gasteiger partial charge in [0.15, 0.2) is 5.96 Å². The lowest BCUT2D eigenvalue weighted by atomic mass is 10.2. The van der Waals surface area contributed by atoms with Gasteiger partial charge in [-0.3, -0.25) is 4.99 Å². The molecule has 8 nitrogen and oxygen atoms in total. The molecule has 0 unspecified atom stereocenters. The van der Waals surface area contributed by atoms with Crippen LogP contribution >= 0.6 is 0 Å². The van der Waals surface area contributed by atoms with Crippen LogP contribution in [0.2, 0.25) is 0 Å². The van der Waals surface area contributed by atoms with Gasteiger partial charge in [0, 0.05) is 64.3 Å². The monoisotopic (exact) mass is 439 g/mol. The summed E-state index contributed by atoms with van der Waals surface area (Å²) >= 11 is 0. The third-order valence-corrected chi connectivity index (χ3v) is 5.11. The Morgan fingerprint density at radius 1 is 1.03 bits per heavy atom. The molecule has 1 fully saturated rings. The van der Waals surface area contributed by atoms with Crippen LogP contribution in [-0.2, 0) is 11.3 Å². The number of amides is 2. The average molecular weight is 440 g/mol. The molecule has 2 aromatic carbocycles. The Hall–Kier alpha value is -3.26. The molecule has 32 heavy (non-hydrogen) atoms. The maximum atomic E-state index is 12.3. The maximum Gasteiger partial charge on any atom is 0.321 e. The van der Waals surface area contributed by atoms with Crippen LogP contribution in [0.1, 0.15) is 24.8 Å². The Kier molecular flexibility index (Phi) is 9.19. The van der Waals surface area contributed by atoms with E-state index in [1.807, 2.05) is 53.4 Å². The van der Waals surface area contributed by atoms with Gasteiger partial charge in [-0.1, -0.05) is 18.2 Å². The van der Waals surface area contributed by atoms with Gasteiger partial charge in [-0.2, -0.15) is 0 Å². The average Bonchev–Trinajstić information content (AvgIpc) is 3.35. The van der Waals surface area contributed by atoms with Crippen LogP contribution in [0, 0.1) is 0 Å². The number of benzene rings is 2. The summed E-state index contributed by atoms with van der Waals surface area (Å²) in [5, 5.41) is 9.58. The summed E-state index contributed by atoms with van der Waals surface area (Å²) in [5.74, 6) is 1.44. The van der Waals surface area contributed by atoms with Gasteiger partial charge in [0.05, 0.1) is 6.61 Å². The normalized spacial score (nSPS) is 13.7. The lowest BCUT2D eigenvalue weighted by Gasteiger charge is -2.17. The number of hydrogen-bond acceptors (Lipinski definition) is 4. The Morgan fingerprint density at radius 3 is 2.53 bits per heavy atom. The van der Waals surface area contributed by atoms with Gasteiger partial charge in [0.1, 0.15) is 5.75 Å². The zero-order chi connectivity index (χ0) is 22.6. The Labute approximate surface area is 190 Å². The summed E-state index contributed by atoms with van der Waals surface area (Å²) < 4.78 is 10.8. The molecule has 1 aliphatic rings. The van der Waals surface area contributed by atoms with Crippen LogP contribution in [0.15, 0.2) is 53.5 Å². The van der Waals surface area contributed by atoms with E-state index in [-0.39, 0.29) is 6.03 Å². The van der Waals surface area contributed by atoms with E-state index in [1.54, 1.807) is 14.2 Å². The van der Waals surface area contributed by atoms with Gasteiger partial charge >= 0.3 is 6.03 Å². The molecular weight excluding hydrogens is 406 g/mol. The molecule has 3 N–H and O–H groups in total. The highest BCUT2D eigenvalue weighted by atomic mass is 16.5. The van der Waals surface area contributed by atoms with Crippen LogP contribution in [0.25, 0.3) is 0 Å². The number of carbonyl (C=O) groups excluding carboxylic acids is 1. The Balaban J connectivity index is 1.50. The van der Waals surface area contributed by atoms with Crippen molar-refractivity contribution in [2.24, 2.45) is 4.99 Å². The van der Waals surface area contributed by atoms with Gasteiger partial charge in [-0.25, -0.2) is 4.79 Å². The van der Waals surface area contributed by atoms with Crippen LogP contribution in [0.4, 0.5) is 16.2 Å². The van der Waals surface area contributed by atoms with Crippen LogP contribution < -0.4 is 20.7 Å². The first-order valence-corrected chi connectivity index (χ1v) is 11.0. The number of guanidine groups is 1. The number of carbonyl (C=O) groups is 1. The van der Waals surface area contributed by atoms with Crippen molar-refractivity contribution in [2.75, 3.05) is 51.1 Å². The second-order valence-corrected chi connectivity index (χ2v) is 7.60. The van der Waals surface area contributed by atoms with E-state index in [9.17, 15) is 4.79 Å². The van der Waals surface area contributed by atoms with E-state index in [4.69, 9.17) is 9.47 Å². The number of nitrogens with one attached hydrogen (secondary N) is 3. The fourth-order valence-electron chi connectivity index (χ4n) is 3.44. The Morgan fingerprint density at radius 2 is 1.78 bits per heavy atom. The quantitative estimate of drug-likeness (QED) is 0.313. The molecule has 0 bridgehead atoms. The summed E-state index contributed by atoms with van der Waals surface area (Å²) in [6.07, 6.45) is 2.99. The molecule has 1 heterocycles. The molecule has 0 aromatic heterocycles. The van der Waals surface area contributed by atoms with Gasteiger partial charge in [-0.05, 0) is 42.7 Å². The van der Waals surface area contributed by atoms with Crippen molar-refractivity contribution in [2.45, 2.75) is 25.8 Å². The van der Waals surface area contributed by atoms with E-state index in [2.05, 4.69) is 20.9 Å². The van der Waals surface area contributed by atoms with E-state index in [0.717, 1.165) is 55.0 Å². The minimum absolute atomic E-state index is 0.0330. The topological polar surface area (TPSA) is 87.2 Å². The lowest BCUT2D eigenvalue weighted by molar-refractivity contribution is 0.172. The van der Waals surface area contributed by atoms with Crippen LogP contribution in [0.5, 0.6) is 5.75 Å². The molecule has 3 rings (SSSR count). The fourth-order valence-corrected chi connectivity index (χ4v) is 3.44. The largest absolute Gasteiger partial charge is 0.493 e. The Bertz CT molecular complexity index is 897. The van der Waals surface area contributed by atoms with Crippen LogP contribution in [0.3, 0.4) is 0 Å². The second-order valence-electron chi connectivity index (χ2n) is 7.60. The molecule has 0 radical (unpaired) electrons. The molecule has 1 saturated heterocycles. The van der Waals surface area contributed by atoms with Crippen molar-refractivity contribution >= 4 is 23.4 Å². The number of urea groups is 1. The van der Waals surface area contributed by atoms with Gasteiger partial charge < -0.3 is 30.3 Å². The lowest BCUT2D eigenvalue weighted by Crippen LogP contribution is -2.32.